The maximum absolute atomic E-state index is 11.1. The van der Waals surface area contributed by atoms with E-state index in [1.807, 2.05) is 6.07 Å². The van der Waals surface area contributed by atoms with E-state index in [1.54, 1.807) is 6.07 Å². The first-order valence-electron chi connectivity index (χ1n) is 4.68. The second kappa shape index (κ2) is 3.33. The van der Waals surface area contributed by atoms with Crippen molar-refractivity contribution in [1.82, 2.24) is 4.98 Å². The SMILES string of the molecule is CC(=O)c1ccc2c(n1)CCC(=O)C2. The average Bonchev–Trinajstić information content (AvgIpc) is 2.16. The Bertz CT molecular complexity index is 410. The van der Waals surface area contributed by atoms with Gasteiger partial charge in [0.2, 0.25) is 0 Å². The maximum Gasteiger partial charge on any atom is 0.178 e. The number of carbonyl (C=O) groups is 2. The largest absolute Gasteiger partial charge is 0.299 e. The third kappa shape index (κ3) is 1.58. The molecule has 2 rings (SSSR count). The van der Waals surface area contributed by atoms with Crippen molar-refractivity contribution in [1.29, 1.82) is 0 Å². The number of Topliss-reactive ketones (excluding diaryl/α,β-unsaturated/α-hetero) is 2. The molecule has 0 spiro atoms. The van der Waals surface area contributed by atoms with Crippen LogP contribution in [0.25, 0.3) is 0 Å². The molecule has 0 N–H and O–H groups in total. The van der Waals surface area contributed by atoms with Gasteiger partial charge >= 0.3 is 0 Å². The normalized spacial score (nSPS) is 15.1. The average molecular weight is 189 g/mol. The number of ketones is 2. The van der Waals surface area contributed by atoms with E-state index in [2.05, 4.69) is 4.98 Å². The molecule has 0 unspecified atom stereocenters. The molecule has 72 valence electrons. The molecule has 0 saturated carbocycles. The highest BCUT2D eigenvalue weighted by molar-refractivity contribution is 5.92. The van der Waals surface area contributed by atoms with Gasteiger partial charge in [-0.1, -0.05) is 6.07 Å². The zero-order valence-electron chi connectivity index (χ0n) is 8.04. The number of hydrogen-bond acceptors (Lipinski definition) is 3. The predicted molar refractivity (Wildman–Crippen MR) is 51.3 cm³/mol. The zero-order valence-corrected chi connectivity index (χ0v) is 8.04. The number of rotatable bonds is 1. The van der Waals surface area contributed by atoms with Crippen molar-refractivity contribution in [3.05, 3.63) is 29.1 Å². The van der Waals surface area contributed by atoms with Crippen molar-refractivity contribution >= 4 is 11.6 Å². The van der Waals surface area contributed by atoms with Gasteiger partial charge < -0.3 is 0 Å². The van der Waals surface area contributed by atoms with E-state index in [-0.39, 0.29) is 11.6 Å². The van der Waals surface area contributed by atoms with Gasteiger partial charge in [-0.25, -0.2) is 4.98 Å². The molecule has 0 fully saturated rings. The molecule has 1 aliphatic carbocycles. The van der Waals surface area contributed by atoms with Crippen molar-refractivity contribution in [3.8, 4) is 0 Å². The van der Waals surface area contributed by atoms with Crippen LogP contribution in [0.3, 0.4) is 0 Å². The molecule has 0 atom stereocenters. The Labute approximate surface area is 82.2 Å². The lowest BCUT2D eigenvalue weighted by Crippen LogP contribution is -2.16. The standard InChI is InChI=1S/C11H11NO2/c1-7(13)10-4-2-8-6-9(14)3-5-11(8)12-10/h2,4H,3,5-6H2,1H3. The Morgan fingerprint density at radius 1 is 1.36 bits per heavy atom. The summed E-state index contributed by atoms with van der Waals surface area (Å²) in [6.07, 6.45) is 1.71. The molecule has 0 radical (unpaired) electrons. The van der Waals surface area contributed by atoms with Gasteiger partial charge in [0.25, 0.3) is 0 Å². The Kier molecular flexibility index (Phi) is 2.15. The molecule has 14 heavy (non-hydrogen) atoms. The molecule has 0 aliphatic heterocycles. The summed E-state index contributed by atoms with van der Waals surface area (Å²) in [6, 6.07) is 3.54. The van der Waals surface area contributed by atoms with Crippen molar-refractivity contribution in [2.45, 2.75) is 26.2 Å². The Balaban J connectivity index is 2.41. The smallest absolute Gasteiger partial charge is 0.178 e. The second-order valence-electron chi connectivity index (χ2n) is 3.57. The van der Waals surface area contributed by atoms with Crippen LogP contribution in [0, 0.1) is 0 Å². The summed E-state index contributed by atoms with van der Waals surface area (Å²) in [6.45, 7) is 1.50. The summed E-state index contributed by atoms with van der Waals surface area (Å²) in [5.74, 6) is 0.236. The molecule has 1 aliphatic rings. The third-order valence-electron chi connectivity index (χ3n) is 2.46. The summed E-state index contributed by atoms with van der Waals surface area (Å²) in [5.41, 5.74) is 2.39. The van der Waals surface area contributed by atoms with Crippen molar-refractivity contribution in [2.24, 2.45) is 0 Å². The number of aryl methyl sites for hydroxylation is 1. The first-order valence-corrected chi connectivity index (χ1v) is 4.68. The van der Waals surface area contributed by atoms with E-state index < -0.39 is 0 Å². The molecule has 3 nitrogen and oxygen atoms in total. The highest BCUT2D eigenvalue weighted by Crippen LogP contribution is 2.17. The van der Waals surface area contributed by atoms with Crippen LogP contribution >= 0.6 is 0 Å². The molecular formula is C11H11NO2. The quantitative estimate of drug-likeness (QED) is 0.626. The molecule has 0 bridgehead atoms. The second-order valence-corrected chi connectivity index (χ2v) is 3.57. The first-order chi connectivity index (χ1) is 6.66. The summed E-state index contributed by atoms with van der Waals surface area (Å²) in [7, 11) is 0. The maximum atomic E-state index is 11.1. The number of aromatic nitrogens is 1. The molecule has 1 heterocycles. The van der Waals surface area contributed by atoms with Gasteiger partial charge in [0, 0.05) is 25.5 Å². The van der Waals surface area contributed by atoms with Crippen molar-refractivity contribution in [3.63, 3.8) is 0 Å². The molecule has 1 aromatic heterocycles. The molecule has 3 heteroatoms. The van der Waals surface area contributed by atoms with Crippen LogP contribution in [0.5, 0.6) is 0 Å². The summed E-state index contributed by atoms with van der Waals surface area (Å²) in [4.78, 5) is 26.5. The minimum absolute atomic E-state index is 0.0234. The molecule has 0 amide bonds. The molecule has 0 aromatic carbocycles. The van der Waals surface area contributed by atoms with E-state index >= 15 is 0 Å². The van der Waals surface area contributed by atoms with Gasteiger partial charge in [-0.3, -0.25) is 9.59 Å². The van der Waals surface area contributed by atoms with Crippen LogP contribution in [0.15, 0.2) is 12.1 Å². The zero-order chi connectivity index (χ0) is 10.1. The van der Waals surface area contributed by atoms with E-state index in [0.717, 1.165) is 11.3 Å². The van der Waals surface area contributed by atoms with Crippen LogP contribution < -0.4 is 0 Å². The van der Waals surface area contributed by atoms with Gasteiger partial charge in [-0.2, -0.15) is 0 Å². The van der Waals surface area contributed by atoms with E-state index in [0.29, 0.717) is 25.0 Å². The minimum Gasteiger partial charge on any atom is -0.299 e. The lowest BCUT2D eigenvalue weighted by molar-refractivity contribution is -0.118. The van der Waals surface area contributed by atoms with Gasteiger partial charge in [0.05, 0.1) is 0 Å². The minimum atomic E-state index is -0.0234. The first kappa shape index (κ1) is 9.06. The van der Waals surface area contributed by atoms with E-state index in [9.17, 15) is 9.59 Å². The van der Waals surface area contributed by atoms with Crippen LogP contribution in [-0.4, -0.2) is 16.6 Å². The number of pyridine rings is 1. The fraction of sp³-hybridized carbons (Fsp3) is 0.364. The van der Waals surface area contributed by atoms with Gasteiger partial charge in [-0.05, 0) is 18.1 Å². The van der Waals surface area contributed by atoms with Gasteiger partial charge in [-0.15, -0.1) is 0 Å². The lowest BCUT2D eigenvalue weighted by Gasteiger charge is -2.13. The van der Waals surface area contributed by atoms with Crippen LogP contribution in [0.2, 0.25) is 0 Å². The fourth-order valence-electron chi connectivity index (χ4n) is 1.66. The van der Waals surface area contributed by atoms with E-state index in [4.69, 9.17) is 0 Å². The fourth-order valence-corrected chi connectivity index (χ4v) is 1.66. The van der Waals surface area contributed by atoms with Crippen LogP contribution in [0.4, 0.5) is 0 Å². The van der Waals surface area contributed by atoms with Gasteiger partial charge in [0.15, 0.2) is 5.78 Å². The lowest BCUT2D eigenvalue weighted by atomic mass is 9.94. The Morgan fingerprint density at radius 3 is 2.86 bits per heavy atom. The third-order valence-corrected chi connectivity index (χ3v) is 2.46. The van der Waals surface area contributed by atoms with Crippen LogP contribution in [-0.2, 0) is 17.6 Å². The van der Waals surface area contributed by atoms with Gasteiger partial charge in [0.1, 0.15) is 11.5 Å². The molecule has 0 saturated heterocycles. The predicted octanol–water partition coefficient (Wildman–Crippen LogP) is 1.34. The summed E-state index contributed by atoms with van der Waals surface area (Å²) < 4.78 is 0. The Hall–Kier alpha value is -1.51. The van der Waals surface area contributed by atoms with Crippen molar-refractivity contribution < 1.29 is 9.59 Å². The summed E-state index contributed by atoms with van der Waals surface area (Å²) in [5, 5.41) is 0. The number of hydrogen-bond donors (Lipinski definition) is 0. The van der Waals surface area contributed by atoms with Crippen LogP contribution in [0.1, 0.15) is 35.1 Å². The number of carbonyl (C=O) groups excluding carboxylic acids is 2. The Morgan fingerprint density at radius 2 is 2.14 bits per heavy atom. The topological polar surface area (TPSA) is 47.0 Å². The highest BCUT2D eigenvalue weighted by Gasteiger charge is 2.17. The number of nitrogens with zero attached hydrogens (tertiary/aromatic N) is 1. The van der Waals surface area contributed by atoms with Crippen molar-refractivity contribution in [2.75, 3.05) is 0 Å². The molecule has 1 aromatic rings. The van der Waals surface area contributed by atoms with E-state index in [1.165, 1.54) is 6.92 Å². The summed E-state index contributed by atoms with van der Waals surface area (Å²) >= 11 is 0. The highest BCUT2D eigenvalue weighted by atomic mass is 16.1. The monoisotopic (exact) mass is 189 g/mol. The number of fused-ring (bicyclic) bond motifs is 1. The molecular weight excluding hydrogens is 178 g/mol.